The summed E-state index contributed by atoms with van der Waals surface area (Å²) in [6, 6.07) is 6.02. The Bertz CT molecular complexity index is 932. The van der Waals surface area contributed by atoms with Crippen molar-refractivity contribution in [3.05, 3.63) is 36.4 Å². The average Bonchev–Trinajstić information content (AvgIpc) is 3.18. The van der Waals surface area contributed by atoms with E-state index in [2.05, 4.69) is 33.3 Å². The second-order valence-electron chi connectivity index (χ2n) is 5.81. The van der Waals surface area contributed by atoms with Gasteiger partial charge in [-0.05, 0) is 37.1 Å². The number of aromatic nitrogens is 4. The molecule has 2 aromatic heterocycles. The standard InChI is InChI=1S/C17H18N6O/c1-3-22-10-20-15-16(18-9-19-17(15)22)21-13-4-5-14-12(8-13)6-7-23(14)11(2)24/h4-5,8-10H,3,6-7H2,1-2H3,(H,18,19,21). The fourth-order valence-electron chi connectivity index (χ4n) is 3.15. The van der Waals surface area contributed by atoms with Gasteiger partial charge in [0.05, 0.1) is 6.33 Å². The number of nitrogens with zero attached hydrogens (tertiary/aromatic N) is 5. The van der Waals surface area contributed by atoms with E-state index in [1.807, 2.05) is 21.6 Å². The van der Waals surface area contributed by atoms with Crippen LogP contribution in [0.25, 0.3) is 11.2 Å². The Labute approximate surface area is 139 Å². The van der Waals surface area contributed by atoms with Gasteiger partial charge in [0, 0.05) is 31.4 Å². The maximum Gasteiger partial charge on any atom is 0.223 e. The molecule has 0 saturated carbocycles. The molecule has 1 aromatic carbocycles. The quantitative estimate of drug-likeness (QED) is 0.802. The first-order valence-corrected chi connectivity index (χ1v) is 8.01. The maximum atomic E-state index is 11.6. The number of aryl methyl sites for hydroxylation is 1. The topological polar surface area (TPSA) is 75.9 Å². The largest absolute Gasteiger partial charge is 0.338 e. The summed E-state index contributed by atoms with van der Waals surface area (Å²) in [5.74, 6) is 0.769. The monoisotopic (exact) mass is 322 g/mol. The molecular weight excluding hydrogens is 304 g/mol. The third-order valence-electron chi connectivity index (χ3n) is 4.36. The van der Waals surface area contributed by atoms with Crippen LogP contribution in [0.2, 0.25) is 0 Å². The van der Waals surface area contributed by atoms with Gasteiger partial charge in [0.1, 0.15) is 6.33 Å². The first-order chi connectivity index (χ1) is 11.7. The zero-order chi connectivity index (χ0) is 16.7. The molecule has 0 atom stereocenters. The third-order valence-corrected chi connectivity index (χ3v) is 4.36. The molecule has 1 aliphatic rings. The number of hydrogen-bond acceptors (Lipinski definition) is 5. The van der Waals surface area contributed by atoms with Crippen molar-refractivity contribution in [3.63, 3.8) is 0 Å². The number of nitrogens with one attached hydrogen (secondary N) is 1. The molecule has 0 fully saturated rings. The molecule has 0 radical (unpaired) electrons. The Balaban J connectivity index is 1.67. The van der Waals surface area contributed by atoms with Crippen LogP contribution in [0.3, 0.4) is 0 Å². The number of fused-ring (bicyclic) bond motifs is 2. The number of benzene rings is 1. The second kappa shape index (κ2) is 5.59. The molecule has 0 saturated heterocycles. The van der Waals surface area contributed by atoms with Crippen molar-refractivity contribution in [1.82, 2.24) is 19.5 Å². The minimum atomic E-state index is 0.0806. The van der Waals surface area contributed by atoms with Crippen LogP contribution in [0, 0.1) is 0 Å². The summed E-state index contributed by atoms with van der Waals surface area (Å²) in [6.07, 6.45) is 4.19. The van der Waals surface area contributed by atoms with Crippen LogP contribution in [-0.4, -0.2) is 32.0 Å². The highest BCUT2D eigenvalue weighted by molar-refractivity contribution is 5.94. The van der Waals surface area contributed by atoms with Gasteiger partial charge >= 0.3 is 0 Å². The molecule has 7 heteroatoms. The van der Waals surface area contributed by atoms with Crippen molar-refractivity contribution in [2.45, 2.75) is 26.8 Å². The average molecular weight is 322 g/mol. The van der Waals surface area contributed by atoms with Crippen molar-refractivity contribution in [2.24, 2.45) is 0 Å². The fraction of sp³-hybridized carbons (Fsp3) is 0.294. The summed E-state index contributed by atoms with van der Waals surface area (Å²) in [4.78, 5) is 26.5. The van der Waals surface area contributed by atoms with Crippen molar-refractivity contribution in [1.29, 1.82) is 0 Å². The van der Waals surface area contributed by atoms with Gasteiger partial charge in [-0.15, -0.1) is 0 Å². The van der Waals surface area contributed by atoms with E-state index >= 15 is 0 Å². The van der Waals surface area contributed by atoms with Crippen molar-refractivity contribution in [2.75, 3.05) is 16.8 Å². The minimum absolute atomic E-state index is 0.0806. The lowest BCUT2D eigenvalue weighted by Crippen LogP contribution is -2.25. The Morgan fingerprint density at radius 1 is 1.29 bits per heavy atom. The molecule has 0 unspecified atom stereocenters. The molecule has 1 N–H and O–H groups in total. The normalized spacial score (nSPS) is 13.3. The molecule has 0 aliphatic carbocycles. The molecule has 1 amide bonds. The van der Waals surface area contributed by atoms with E-state index in [0.717, 1.165) is 42.0 Å². The molecule has 3 aromatic rings. The van der Waals surface area contributed by atoms with E-state index in [9.17, 15) is 4.79 Å². The lowest BCUT2D eigenvalue weighted by Gasteiger charge is -2.15. The minimum Gasteiger partial charge on any atom is -0.338 e. The summed E-state index contributed by atoms with van der Waals surface area (Å²) < 4.78 is 1.98. The van der Waals surface area contributed by atoms with Crippen LogP contribution in [0.15, 0.2) is 30.9 Å². The number of amides is 1. The molecule has 7 nitrogen and oxygen atoms in total. The van der Waals surface area contributed by atoms with Gasteiger partial charge in [-0.3, -0.25) is 4.79 Å². The van der Waals surface area contributed by atoms with Gasteiger partial charge in [-0.25, -0.2) is 15.0 Å². The Morgan fingerprint density at radius 2 is 2.17 bits per heavy atom. The summed E-state index contributed by atoms with van der Waals surface area (Å²) in [7, 11) is 0. The van der Waals surface area contributed by atoms with Gasteiger partial charge in [0.2, 0.25) is 5.91 Å². The zero-order valence-corrected chi connectivity index (χ0v) is 13.7. The number of rotatable bonds is 3. The van der Waals surface area contributed by atoms with Crippen LogP contribution >= 0.6 is 0 Å². The van der Waals surface area contributed by atoms with E-state index < -0.39 is 0 Å². The SMILES string of the molecule is CCn1cnc2c(Nc3ccc4c(c3)CCN4C(C)=O)ncnc21. The molecular formula is C17H18N6O. The summed E-state index contributed by atoms with van der Waals surface area (Å²) in [5.41, 5.74) is 4.67. The molecule has 0 spiro atoms. The Kier molecular flexibility index (Phi) is 3.41. The van der Waals surface area contributed by atoms with Gasteiger partial charge < -0.3 is 14.8 Å². The Hall–Kier alpha value is -2.96. The number of imidazole rings is 1. The number of anilines is 3. The van der Waals surface area contributed by atoms with Crippen LogP contribution in [0.1, 0.15) is 19.4 Å². The van der Waals surface area contributed by atoms with Gasteiger partial charge in [-0.2, -0.15) is 0 Å². The number of carbonyl (C=O) groups is 1. The smallest absolute Gasteiger partial charge is 0.223 e. The third kappa shape index (κ3) is 2.29. The van der Waals surface area contributed by atoms with Crippen LogP contribution in [0.4, 0.5) is 17.2 Å². The van der Waals surface area contributed by atoms with E-state index in [1.165, 1.54) is 5.56 Å². The predicted octanol–water partition coefficient (Wildman–Crippen LogP) is 2.50. The fourth-order valence-corrected chi connectivity index (χ4v) is 3.15. The van der Waals surface area contributed by atoms with Crippen LogP contribution in [0.5, 0.6) is 0 Å². The summed E-state index contributed by atoms with van der Waals surface area (Å²) in [5, 5.41) is 3.33. The molecule has 24 heavy (non-hydrogen) atoms. The highest BCUT2D eigenvalue weighted by atomic mass is 16.2. The number of hydrogen-bond donors (Lipinski definition) is 1. The molecule has 1 aliphatic heterocycles. The van der Waals surface area contributed by atoms with E-state index in [0.29, 0.717) is 5.82 Å². The molecule has 3 heterocycles. The highest BCUT2D eigenvalue weighted by Gasteiger charge is 2.22. The Morgan fingerprint density at radius 3 is 2.96 bits per heavy atom. The maximum absolute atomic E-state index is 11.6. The van der Waals surface area contributed by atoms with E-state index in [1.54, 1.807) is 19.6 Å². The van der Waals surface area contributed by atoms with Gasteiger partial charge in [-0.1, -0.05) is 0 Å². The molecule has 122 valence electrons. The van der Waals surface area contributed by atoms with Crippen LogP contribution < -0.4 is 10.2 Å². The zero-order valence-electron chi connectivity index (χ0n) is 13.7. The first kappa shape index (κ1) is 14.6. The van der Waals surface area contributed by atoms with Gasteiger partial charge in [0.25, 0.3) is 0 Å². The van der Waals surface area contributed by atoms with Crippen molar-refractivity contribution in [3.8, 4) is 0 Å². The van der Waals surface area contributed by atoms with Crippen LogP contribution in [-0.2, 0) is 17.8 Å². The molecule has 0 bridgehead atoms. The lowest BCUT2D eigenvalue weighted by molar-refractivity contribution is -0.116. The summed E-state index contributed by atoms with van der Waals surface area (Å²) >= 11 is 0. The van der Waals surface area contributed by atoms with Crippen molar-refractivity contribution >= 4 is 34.3 Å². The highest BCUT2D eigenvalue weighted by Crippen LogP contribution is 2.32. The molecule has 4 rings (SSSR count). The van der Waals surface area contributed by atoms with Crippen molar-refractivity contribution < 1.29 is 4.79 Å². The predicted molar refractivity (Wildman–Crippen MR) is 92.5 cm³/mol. The van der Waals surface area contributed by atoms with E-state index in [-0.39, 0.29) is 5.91 Å². The van der Waals surface area contributed by atoms with Gasteiger partial charge in [0.15, 0.2) is 17.0 Å². The lowest BCUT2D eigenvalue weighted by atomic mass is 10.1. The number of carbonyl (C=O) groups excluding carboxylic acids is 1. The second-order valence-corrected chi connectivity index (χ2v) is 5.81. The van der Waals surface area contributed by atoms with E-state index in [4.69, 9.17) is 0 Å². The summed E-state index contributed by atoms with van der Waals surface area (Å²) in [6.45, 7) is 5.21. The first-order valence-electron chi connectivity index (χ1n) is 8.01.